The van der Waals surface area contributed by atoms with Crippen LogP contribution in [0.5, 0.6) is 0 Å². The second kappa shape index (κ2) is 10.5. The number of likely N-dealkylation sites (tertiary alicyclic amines) is 1. The van der Waals surface area contributed by atoms with Crippen molar-refractivity contribution in [2.75, 3.05) is 19.6 Å². The van der Waals surface area contributed by atoms with Crippen molar-refractivity contribution in [1.29, 1.82) is 0 Å². The van der Waals surface area contributed by atoms with Crippen molar-refractivity contribution in [3.05, 3.63) is 47.5 Å². The van der Waals surface area contributed by atoms with Gasteiger partial charge >= 0.3 is 0 Å². The molecule has 4 rings (SSSR count). The average Bonchev–Trinajstić information content (AvgIpc) is 3.42. The zero-order valence-electron chi connectivity index (χ0n) is 19.0. The molecule has 2 aromatic rings. The summed E-state index contributed by atoms with van der Waals surface area (Å²) in [6.07, 6.45) is 15.5. The molecule has 5 nitrogen and oxygen atoms in total. The van der Waals surface area contributed by atoms with Crippen LogP contribution in [0.15, 0.2) is 30.7 Å². The summed E-state index contributed by atoms with van der Waals surface area (Å²) in [5, 5.41) is 4.64. The third kappa shape index (κ3) is 5.50. The van der Waals surface area contributed by atoms with Crippen molar-refractivity contribution in [3.63, 3.8) is 0 Å². The van der Waals surface area contributed by atoms with Gasteiger partial charge in [0, 0.05) is 55.9 Å². The van der Waals surface area contributed by atoms with Crippen LogP contribution in [-0.4, -0.2) is 50.2 Å². The molecule has 5 heteroatoms. The Kier molecular flexibility index (Phi) is 7.56. The normalized spacial score (nSPS) is 19.2. The third-order valence-electron chi connectivity index (χ3n) is 7.17. The molecule has 0 atom stereocenters. The highest BCUT2D eigenvalue weighted by Crippen LogP contribution is 2.28. The maximum absolute atomic E-state index is 4.64. The smallest absolute Gasteiger partial charge is 0.0537 e. The van der Waals surface area contributed by atoms with Gasteiger partial charge in [0.2, 0.25) is 0 Å². The first kappa shape index (κ1) is 21.5. The highest BCUT2D eigenvalue weighted by molar-refractivity contribution is 5.17. The van der Waals surface area contributed by atoms with E-state index in [1.165, 1.54) is 75.0 Å². The summed E-state index contributed by atoms with van der Waals surface area (Å²) >= 11 is 0. The molecule has 0 spiro atoms. The Hall–Kier alpha value is -1.72. The first-order valence-corrected chi connectivity index (χ1v) is 12.1. The molecule has 0 radical (unpaired) electrons. The van der Waals surface area contributed by atoms with Gasteiger partial charge in [-0.25, -0.2) is 0 Å². The minimum atomic E-state index is 0.797. The Labute approximate surface area is 182 Å². The Morgan fingerprint density at radius 3 is 2.57 bits per heavy atom. The minimum Gasteiger partial charge on any atom is -0.300 e. The lowest BCUT2D eigenvalue weighted by Crippen LogP contribution is -2.42. The van der Waals surface area contributed by atoms with Gasteiger partial charge in [0.05, 0.1) is 6.20 Å². The van der Waals surface area contributed by atoms with Crippen molar-refractivity contribution in [2.45, 2.75) is 84.5 Å². The summed E-state index contributed by atoms with van der Waals surface area (Å²) in [5.74, 6) is 0.797. The van der Waals surface area contributed by atoms with Gasteiger partial charge in [0.1, 0.15) is 0 Å². The number of nitrogens with zero attached hydrogens (tertiary/aromatic N) is 5. The molecule has 1 saturated heterocycles. The first-order valence-electron chi connectivity index (χ1n) is 12.1. The van der Waals surface area contributed by atoms with Crippen molar-refractivity contribution >= 4 is 0 Å². The number of aromatic nitrogens is 3. The molecule has 1 aliphatic carbocycles. The van der Waals surface area contributed by atoms with E-state index in [0.717, 1.165) is 38.0 Å². The van der Waals surface area contributed by atoms with Crippen LogP contribution in [0, 0.1) is 12.8 Å². The lowest BCUT2D eigenvalue weighted by atomic mass is 9.94. The molecular formula is C25H39N5. The number of pyridine rings is 1. The van der Waals surface area contributed by atoms with Crippen LogP contribution in [0.1, 0.15) is 68.7 Å². The monoisotopic (exact) mass is 409 g/mol. The molecule has 164 valence electrons. The van der Waals surface area contributed by atoms with Gasteiger partial charge in [0.25, 0.3) is 0 Å². The minimum absolute atomic E-state index is 0.797. The zero-order valence-corrected chi connectivity index (χ0v) is 19.0. The fourth-order valence-electron chi connectivity index (χ4n) is 5.39. The molecule has 1 saturated carbocycles. The summed E-state index contributed by atoms with van der Waals surface area (Å²) < 4.78 is 2.16. The summed E-state index contributed by atoms with van der Waals surface area (Å²) in [5.41, 5.74) is 4.00. The molecule has 0 bridgehead atoms. The highest BCUT2D eigenvalue weighted by atomic mass is 15.3. The van der Waals surface area contributed by atoms with E-state index < -0.39 is 0 Å². The van der Waals surface area contributed by atoms with Gasteiger partial charge in [0.15, 0.2) is 0 Å². The summed E-state index contributed by atoms with van der Waals surface area (Å²) in [6, 6.07) is 5.14. The van der Waals surface area contributed by atoms with Crippen LogP contribution in [-0.2, 0) is 19.6 Å². The zero-order chi connectivity index (χ0) is 20.8. The molecule has 0 N–H and O–H groups in total. The van der Waals surface area contributed by atoms with E-state index in [-0.39, 0.29) is 0 Å². The number of hydrogen-bond acceptors (Lipinski definition) is 4. The third-order valence-corrected chi connectivity index (χ3v) is 7.17. The Morgan fingerprint density at radius 2 is 1.87 bits per heavy atom. The van der Waals surface area contributed by atoms with Crippen LogP contribution in [0.25, 0.3) is 0 Å². The molecular weight excluding hydrogens is 370 g/mol. The largest absolute Gasteiger partial charge is 0.300 e. The second-order valence-electron chi connectivity index (χ2n) is 9.43. The van der Waals surface area contributed by atoms with Crippen molar-refractivity contribution < 1.29 is 0 Å². The Bertz CT molecular complexity index is 757. The summed E-state index contributed by atoms with van der Waals surface area (Å²) in [7, 11) is 0. The molecule has 0 amide bonds. The van der Waals surface area contributed by atoms with Crippen LogP contribution < -0.4 is 0 Å². The van der Waals surface area contributed by atoms with Gasteiger partial charge in [-0.2, -0.15) is 5.10 Å². The van der Waals surface area contributed by atoms with Gasteiger partial charge < -0.3 is 4.90 Å². The van der Waals surface area contributed by atoms with Crippen LogP contribution in [0.3, 0.4) is 0 Å². The molecule has 2 fully saturated rings. The maximum Gasteiger partial charge on any atom is 0.0537 e. The number of piperidine rings is 1. The fourth-order valence-corrected chi connectivity index (χ4v) is 5.39. The summed E-state index contributed by atoms with van der Waals surface area (Å²) in [6.45, 7) is 11.2. The number of aryl methyl sites for hydroxylation is 1. The van der Waals surface area contributed by atoms with Gasteiger partial charge in [-0.1, -0.05) is 25.8 Å². The number of hydrogen-bond donors (Lipinski definition) is 0. The lowest BCUT2D eigenvalue weighted by molar-refractivity contribution is 0.106. The topological polar surface area (TPSA) is 37.2 Å². The maximum atomic E-state index is 4.64. The molecule has 2 aliphatic rings. The van der Waals surface area contributed by atoms with Crippen LogP contribution >= 0.6 is 0 Å². The van der Waals surface area contributed by atoms with E-state index in [1.807, 2.05) is 12.4 Å². The van der Waals surface area contributed by atoms with Gasteiger partial charge in [-0.3, -0.25) is 14.6 Å². The number of rotatable bonds is 9. The predicted molar refractivity (Wildman–Crippen MR) is 122 cm³/mol. The van der Waals surface area contributed by atoms with Gasteiger partial charge in [-0.15, -0.1) is 0 Å². The lowest BCUT2D eigenvalue weighted by Gasteiger charge is -2.38. The van der Waals surface area contributed by atoms with Crippen molar-refractivity contribution in [1.82, 2.24) is 24.6 Å². The van der Waals surface area contributed by atoms with Crippen LogP contribution in [0.4, 0.5) is 0 Å². The Balaban J connectivity index is 1.39. The van der Waals surface area contributed by atoms with E-state index in [9.17, 15) is 0 Å². The molecule has 2 aromatic heterocycles. The van der Waals surface area contributed by atoms with E-state index in [0.29, 0.717) is 0 Å². The summed E-state index contributed by atoms with van der Waals surface area (Å²) in [4.78, 5) is 9.76. The van der Waals surface area contributed by atoms with Crippen molar-refractivity contribution in [3.8, 4) is 0 Å². The molecule has 0 aromatic carbocycles. The van der Waals surface area contributed by atoms with Crippen molar-refractivity contribution in [2.24, 2.45) is 5.92 Å². The highest BCUT2D eigenvalue weighted by Gasteiger charge is 2.28. The molecule has 30 heavy (non-hydrogen) atoms. The second-order valence-corrected chi connectivity index (χ2v) is 9.43. The van der Waals surface area contributed by atoms with E-state index >= 15 is 0 Å². The first-order chi connectivity index (χ1) is 14.7. The van der Waals surface area contributed by atoms with Gasteiger partial charge in [-0.05, 0) is 69.7 Å². The van der Waals surface area contributed by atoms with E-state index in [4.69, 9.17) is 0 Å². The SMILES string of the molecule is CCCn1ncc(CN(Cc2cccnc2)CC2CCN(C3CCCC3)CC2)c1C. The predicted octanol–water partition coefficient (Wildman–Crippen LogP) is 4.65. The van der Waals surface area contributed by atoms with E-state index in [2.05, 4.69) is 56.7 Å². The van der Waals surface area contributed by atoms with E-state index in [1.54, 1.807) is 0 Å². The fraction of sp³-hybridized carbons (Fsp3) is 0.680. The average molecular weight is 410 g/mol. The molecule has 3 heterocycles. The standard InChI is InChI=1S/C25H39N5/c1-3-13-30-21(2)24(17-27-30)20-28(19-23-7-6-12-26-16-23)18-22-10-14-29(15-11-22)25-8-4-5-9-25/h6-7,12,16-17,22,25H,3-5,8-11,13-15,18-20H2,1-2H3. The molecule has 1 aliphatic heterocycles. The Morgan fingerprint density at radius 1 is 1.07 bits per heavy atom. The quantitative estimate of drug-likeness (QED) is 0.604. The van der Waals surface area contributed by atoms with Crippen LogP contribution in [0.2, 0.25) is 0 Å². The molecule has 0 unspecified atom stereocenters.